The van der Waals surface area contributed by atoms with Crippen LogP contribution in [0, 0.1) is 0 Å². The number of H-pyrrole nitrogens is 2. The number of carboxylic acid groups (broad SMARTS) is 1. The summed E-state index contributed by atoms with van der Waals surface area (Å²) >= 11 is 0. The monoisotopic (exact) mass is 874 g/mol. The molecule has 3 heterocycles. The molecule has 0 saturated carbocycles. The molecule has 0 bridgehead atoms. The number of aliphatic carboxylic acids is 1. The van der Waals surface area contributed by atoms with Gasteiger partial charge < -0.3 is 57.4 Å². The number of aliphatic hydroxyl groups excluding tert-OH is 1. The number of imide groups is 1. The molecule has 0 radical (unpaired) electrons. The highest BCUT2D eigenvalue weighted by molar-refractivity contribution is 6.02. The van der Waals surface area contributed by atoms with Crippen LogP contribution in [-0.4, -0.2) is 125 Å². The van der Waals surface area contributed by atoms with Gasteiger partial charge in [0, 0.05) is 55.7 Å². The first kappa shape index (κ1) is 46.8. The maximum absolute atomic E-state index is 14.3. The number of hydrogen-bond acceptors (Lipinski definition) is 13. The number of nitrogens with zero attached hydrogens (tertiary/aromatic N) is 3. The minimum atomic E-state index is -1.69. The van der Waals surface area contributed by atoms with Crippen LogP contribution in [0.25, 0.3) is 10.9 Å². The number of amides is 6. The van der Waals surface area contributed by atoms with Crippen molar-refractivity contribution in [2.45, 2.75) is 88.6 Å². The van der Waals surface area contributed by atoms with E-state index in [1.54, 1.807) is 42.6 Å². The van der Waals surface area contributed by atoms with Gasteiger partial charge >= 0.3 is 17.7 Å². The van der Waals surface area contributed by atoms with Gasteiger partial charge in [0.15, 0.2) is 0 Å². The number of ether oxygens (including phenoxy) is 1. The topological polar surface area (TPSA) is 338 Å². The van der Waals surface area contributed by atoms with Crippen molar-refractivity contribution in [1.29, 1.82) is 0 Å². The van der Waals surface area contributed by atoms with Crippen LogP contribution < -0.4 is 38.7 Å². The maximum atomic E-state index is 14.3. The van der Waals surface area contributed by atoms with Crippen LogP contribution in [0.15, 0.2) is 88.5 Å². The van der Waals surface area contributed by atoms with E-state index in [1.807, 2.05) is 4.98 Å². The third-order valence-corrected chi connectivity index (χ3v) is 10.4. The first-order chi connectivity index (χ1) is 29.7. The zero-order valence-corrected chi connectivity index (χ0v) is 34.7. The molecular formula is C41H50N10O12. The van der Waals surface area contributed by atoms with Crippen molar-refractivity contribution in [2.24, 2.45) is 11.5 Å². The Hall–Kier alpha value is -7.30. The summed E-state index contributed by atoms with van der Waals surface area (Å²) in [6, 6.07) is 4.91. The molecule has 6 amide bonds. The molecule has 0 spiro atoms. The lowest BCUT2D eigenvalue weighted by Gasteiger charge is -2.34. The Bertz CT molecular complexity index is 2510. The lowest BCUT2D eigenvalue weighted by atomic mass is 10.0. The lowest BCUT2D eigenvalue weighted by Crippen LogP contribution is -2.60. The van der Waals surface area contributed by atoms with Crippen molar-refractivity contribution in [3.63, 3.8) is 0 Å². The second-order valence-corrected chi connectivity index (χ2v) is 15.2. The number of rotatable bonds is 16. The van der Waals surface area contributed by atoms with Gasteiger partial charge in [-0.2, -0.15) is 0 Å². The van der Waals surface area contributed by atoms with Gasteiger partial charge in [-0.25, -0.2) is 14.4 Å². The number of nitrogens with one attached hydrogen (secondary N) is 5. The van der Waals surface area contributed by atoms with Crippen LogP contribution in [0.2, 0.25) is 0 Å². The molecule has 2 aromatic heterocycles. The molecule has 5 unspecified atom stereocenters. The number of aromatic hydroxyl groups is 1. The van der Waals surface area contributed by atoms with E-state index in [1.165, 1.54) is 40.0 Å². The van der Waals surface area contributed by atoms with Gasteiger partial charge in [0.1, 0.15) is 41.8 Å². The molecule has 63 heavy (non-hydrogen) atoms. The molecule has 0 aliphatic carbocycles. The van der Waals surface area contributed by atoms with Crippen LogP contribution in [-0.2, 0) is 41.6 Å². The summed E-state index contributed by atoms with van der Waals surface area (Å²) in [5, 5.41) is 38.8. The number of nitrogens with two attached hydrogens (primary N) is 2. The van der Waals surface area contributed by atoms with Crippen LogP contribution >= 0.6 is 0 Å². The molecule has 1 fully saturated rings. The minimum Gasteiger partial charge on any atom is -0.508 e. The first-order valence-corrected chi connectivity index (χ1v) is 19.7. The van der Waals surface area contributed by atoms with Crippen molar-refractivity contribution in [3.05, 3.63) is 111 Å². The number of hydrogen-bond donors (Lipinski definition) is 10. The fourth-order valence-electron chi connectivity index (χ4n) is 6.79. The van der Waals surface area contributed by atoms with Crippen LogP contribution in [0.3, 0.4) is 0 Å². The molecule has 12 N–H and O–H groups in total. The SMILES string of the molecule is CC(C(N)C(=O)N(C=C1CC(O)C(n2ccc(=O)[nH]c2=O)O1)C(=O)[C@H](C)NC(=O)NC(Cc1c[nH]c2ccccc12)C(=O)O)N(C)C(=O)[C@H](Cc1cccc(O)c1)NC(=O)[C@H](C)N. The normalized spacial score (nSPS) is 18.2. The maximum Gasteiger partial charge on any atom is 0.331 e. The van der Waals surface area contributed by atoms with E-state index in [2.05, 4.69) is 20.9 Å². The Labute approximate surface area is 358 Å². The number of carboxylic acids is 1. The van der Waals surface area contributed by atoms with Crippen molar-refractivity contribution in [1.82, 2.24) is 40.3 Å². The average molecular weight is 875 g/mol. The number of benzene rings is 2. The molecule has 5 rings (SSSR count). The number of carbonyl (C=O) groups is 6. The van der Waals surface area contributed by atoms with Gasteiger partial charge in [-0.1, -0.05) is 30.3 Å². The third-order valence-electron chi connectivity index (χ3n) is 10.4. The quantitative estimate of drug-likeness (QED) is 0.0635. The van der Waals surface area contributed by atoms with Crippen LogP contribution in [0.4, 0.5) is 4.79 Å². The highest BCUT2D eigenvalue weighted by Gasteiger charge is 2.39. The Balaban J connectivity index is 1.39. The third kappa shape index (κ3) is 11.3. The number of carbonyl (C=O) groups excluding carboxylic acids is 5. The number of aromatic amines is 2. The van der Waals surface area contributed by atoms with Gasteiger partial charge in [0.2, 0.25) is 18.0 Å². The average Bonchev–Trinajstić information content (AvgIpc) is 3.82. The lowest BCUT2D eigenvalue weighted by molar-refractivity contribution is -0.145. The van der Waals surface area contributed by atoms with Gasteiger partial charge in [0.25, 0.3) is 17.4 Å². The molecule has 1 aliphatic rings. The fourth-order valence-corrected chi connectivity index (χ4v) is 6.79. The van der Waals surface area contributed by atoms with E-state index >= 15 is 0 Å². The van der Waals surface area contributed by atoms with Gasteiger partial charge in [-0.15, -0.1) is 0 Å². The highest BCUT2D eigenvalue weighted by atomic mass is 16.5. The molecule has 8 atom stereocenters. The minimum absolute atomic E-state index is 0.0883. The molecule has 4 aromatic rings. The summed E-state index contributed by atoms with van der Waals surface area (Å²) in [5.41, 5.74) is 12.4. The number of aliphatic hydroxyl groups is 1. The van der Waals surface area contributed by atoms with Crippen LogP contribution in [0.5, 0.6) is 5.75 Å². The van der Waals surface area contributed by atoms with Gasteiger partial charge in [0.05, 0.1) is 18.3 Å². The Kier molecular flexibility index (Phi) is 14.9. The summed E-state index contributed by atoms with van der Waals surface area (Å²) in [6.07, 6.45) is 0.169. The number of aromatic nitrogens is 3. The Morgan fingerprint density at radius 1 is 0.937 bits per heavy atom. The molecule has 22 nitrogen and oxygen atoms in total. The molecule has 336 valence electrons. The number of para-hydroxylation sites is 1. The van der Waals surface area contributed by atoms with E-state index < -0.39 is 95.5 Å². The van der Waals surface area contributed by atoms with Gasteiger partial charge in [-0.3, -0.25) is 38.4 Å². The summed E-state index contributed by atoms with van der Waals surface area (Å²) < 4.78 is 6.66. The van der Waals surface area contributed by atoms with Crippen molar-refractivity contribution in [2.75, 3.05) is 7.05 Å². The number of fused-ring (bicyclic) bond motifs is 1. The predicted octanol–water partition coefficient (Wildman–Crippen LogP) is -1.17. The van der Waals surface area contributed by atoms with Crippen molar-refractivity contribution >= 4 is 46.5 Å². The smallest absolute Gasteiger partial charge is 0.331 e. The van der Waals surface area contributed by atoms with Crippen molar-refractivity contribution in [3.8, 4) is 5.75 Å². The largest absolute Gasteiger partial charge is 0.508 e. The van der Waals surface area contributed by atoms with E-state index in [9.17, 15) is 53.7 Å². The Morgan fingerprint density at radius 2 is 1.65 bits per heavy atom. The Morgan fingerprint density at radius 3 is 2.32 bits per heavy atom. The van der Waals surface area contributed by atoms with Gasteiger partial charge in [-0.05, 0) is 50.1 Å². The summed E-state index contributed by atoms with van der Waals surface area (Å²) in [5.74, 6) is -5.30. The molecule has 2 aromatic carbocycles. The number of urea groups is 1. The summed E-state index contributed by atoms with van der Waals surface area (Å²) in [4.78, 5) is 112. The number of phenolic OH excluding ortho intramolecular Hbond substituents is 1. The van der Waals surface area contributed by atoms with E-state index in [0.29, 0.717) is 16.0 Å². The van der Waals surface area contributed by atoms with Crippen molar-refractivity contribution < 1.29 is 48.8 Å². The number of likely N-dealkylation sites (N-methyl/N-ethyl adjacent to an activating group) is 1. The fraction of sp³-hybridized carbons (Fsp3) is 0.366. The van der Waals surface area contributed by atoms with Crippen LogP contribution in [0.1, 0.15) is 44.5 Å². The number of phenols is 1. The van der Waals surface area contributed by atoms with E-state index in [0.717, 1.165) is 38.8 Å². The summed E-state index contributed by atoms with van der Waals surface area (Å²) in [6.45, 7) is 4.02. The molecule has 1 aliphatic heterocycles. The molecular weight excluding hydrogens is 825 g/mol. The molecule has 22 heteroatoms. The predicted molar refractivity (Wildman–Crippen MR) is 224 cm³/mol. The molecule has 1 saturated heterocycles. The van der Waals surface area contributed by atoms with E-state index in [-0.39, 0.29) is 30.8 Å². The zero-order valence-electron chi connectivity index (χ0n) is 34.7. The zero-order chi connectivity index (χ0) is 46.3. The van der Waals surface area contributed by atoms with E-state index in [4.69, 9.17) is 16.2 Å². The summed E-state index contributed by atoms with van der Waals surface area (Å²) in [7, 11) is 1.31. The first-order valence-electron chi connectivity index (χ1n) is 19.7. The highest BCUT2D eigenvalue weighted by Crippen LogP contribution is 2.31. The second-order valence-electron chi connectivity index (χ2n) is 15.2. The second kappa shape index (κ2) is 20.0. The standard InChI is InChI=1S/C41H50N10O12/c1-20(42)34(55)46-29(15-23-8-7-9-25(52)14-23)36(57)49(4)22(3)33(43)37(58)51(19-26-17-31(53)38(63-26)50-13-12-32(54)48-41(50)62)35(56)21(2)45-40(61)47-30(39(59)60)16-24-18-44-28-11-6-5-10-27(24)28/h5-14,18-22,29-31,33,38,44,52-53H,15-17,42-43H2,1-4H3,(H,46,55)(H,59,60)(H2,45,47,61)(H,48,54,62)/t20-,21-,22?,29-,30?,31?,33?,38?/m0/s1.